The lowest BCUT2D eigenvalue weighted by atomic mass is 10.1. The van der Waals surface area contributed by atoms with Gasteiger partial charge in [-0.25, -0.2) is 19.7 Å². The first kappa shape index (κ1) is 27.8. The lowest BCUT2D eigenvalue weighted by Crippen LogP contribution is -2.21. The van der Waals surface area contributed by atoms with Crippen molar-refractivity contribution in [3.05, 3.63) is 78.1 Å². The zero-order chi connectivity index (χ0) is 28.8. The van der Waals surface area contributed by atoms with Crippen molar-refractivity contribution in [2.45, 2.75) is 25.1 Å². The number of fused-ring (bicyclic) bond motifs is 2. The van der Waals surface area contributed by atoms with Crippen molar-refractivity contribution in [2.24, 2.45) is 0 Å². The van der Waals surface area contributed by atoms with Gasteiger partial charge in [0, 0.05) is 23.3 Å². The molecule has 41 heavy (non-hydrogen) atoms. The van der Waals surface area contributed by atoms with Crippen LogP contribution in [0.4, 0.5) is 24.7 Å². The fourth-order valence-corrected chi connectivity index (χ4v) is 4.97. The third kappa shape index (κ3) is 7.08. The molecule has 6 rings (SSSR count). The number of thiophene rings is 1. The molecule has 12 heteroatoms. The molecule has 0 unspecified atom stereocenters. The normalized spacial score (nSPS) is 14.6. The van der Waals surface area contributed by atoms with Gasteiger partial charge >= 0.3 is 12.1 Å². The van der Waals surface area contributed by atoms with Crippen LogP contribution >= 0.6 is 11.3 Å². The van der Waals surface area contributed by atoms with Gasteiger partial charge in [-0.3, -0.25) is 0 Å². The number of ether oxygens (including phenoxy) is 1. The summed E-state index contributed by atoms with van der Waals surface area (Å²) in [6.07, 6.45) is 0.528. The second-order valence-electron chi connectivity index (χ2n) is 8.86. The number of anilines is 2. The average molecular weight is 578 g/mol. The van der Waals surface area contributed by atoms with E-state index in [2.05, 4.69) is 49.6 Å². The van der Waals surface area contributed by atoms with E-state index in [1.807, 2.05) is 48.5 Å². The molecule has 0 aliphatic carbocycles. The number of pyridine rings is 1. The van der Waals surface area contributed by atoms with E-state index in [0.717, 1.165) is 56.1 Å². The molecule has 1 atom stereocenters. The highest BCUT2D eigenvalue weighted by atomic mass is 32.1. The summed E-state index contributed by atoms with van der Waals surface area (Å²) in [5, 5.41) is 16.1. The van der Waals surface area contributed by atoms with Crippen LogP contribution in [0.5, 0.6) is 11.6 Å². The first-order valence-electron chi connectivity index (χ1n) is 12.4. The highest BCUT2D eigenvalue weighted by Crippen LogP contribution is 2.34. The number of halogens is 3. The highest BCUT2D eigenvalue weighted by molar-refractivity contribution is 7.20. The summed E-state index contributed by atoms with van der Waals surface area (Å²) in [4.78, 5) is 23.1. The summed E-state index contributed by atoms with van der Waals surface area (Å²) in [7, 11) is 0. The van der Waals surface area contributed by atoms with Gasteiger partial charge in [0.2, 0.25) is 5.88 Å². The lowest BCUT2D eigenvalue weighted by Gasteiger charge is -2.11. The molecule has 1 saturated heterocycles. The predicted octanol–water partition coefficient (Wildman–Crippen LogP) is 6.51. The van der Waals surface area contributed by atoms with Crippen molar-refractivity contribution in [3.8, 4) is 23.5 Å². The Morgan fingerprint density at radius 2 is 1.95 bits per heavy atom. The number of carboxylic acids is 1. The third-order valence-electron chi connectivity index (χ3n) is 5.94. The molecule has 4 heterocycles. The van der Waals surface area contributed by atoms with Crippen LogP contribution in [0.2, 0.25) is 0 Å². The number of rotatable bonds is 4. The molecule has 208 valence electrons. The molecular formula is C29H22F3N5O3S. The maximum absolute atomic E-state index is 10.6. The highest BCUT2D eigenvalue weighted by Gasteiger charge is 2.38. The second kappa shape index (κ2) is 12.2. The van der Waals surface area contributed by atoms with Gasteiger partial charge in [0.05, 0.1) is 21.1 Å². The van der Waals surface area contributed by atoms with Crippen LogP contribution in [0.25, 0.3) is 21.0 Å². The number of hydrogen-bond acceptors (Lipinski definition) is 8. The molecule has 3 aromatic heterocycles. The van der Waals surface area contributed by atoms with Crippen LogP contribution < -0.4 is 15.4 Å². The molecule has 3 N–H and O–H groups in total. The van der Waals surface area contributed by atoms with Crippen molar-refractivity contribution < 1.29 is 27.8 Å². The van der Waals surface area contributed by atoms with E-state index in [-0.39, 0.29) is 6.04 Å². The van der Waals surface area contributed by atoms with E-state index in [1.54, 1.807) is 23.9 Å². The number of aliphatic carboxylic acids is 1. The number of carboxylic acid groups (broad SMARTS) is 1. The quantitative estimate of drug-likeness (QED) is 0.208. The van der Waals surface area contributed by atoms with Crippen LogP contribution in [0.15, 0.2) is 73.2 Å². The van der Waals surface area contributed by atoms with Crippen molar-refractivity contribution in [3.63, 3.8) is 0 Å². The van der Waals surface area contributed by atoms with E-state index < -0.39 is 12.1 Å². The molecule has 0 saturated carbocycles. The smallest absolute Gasteiger partial charge is 0.475 e. The molecule has 0 bridgehead atoms. The molecule has 0 amide bonds. The van der Waals surface area contributed by atoms with E-state index in [0.29, 0.717) is 5.88 Å². The topological polar surface area (TPSA) is 109 Å². The lowest BCUT2D eigenvalue weighted by molar-refractivity contribution is -0.192. The van der Waals surface area contributed by atoms with Gasteiger partial charge in [-0.15, -0.1) is 11.3 Å². The van der Waals surface area contributed by atoms with E-state index in [1.165, 1.54) is 6.42 Å². The van der Waals surface area contributed by atoms with Crippen molar-refractivity contribution >= 4 is 49.8 Å². The van der Waals surface area contributed by atoms with Gasteiger partial charge in [-0.1, -0.05) is 30.0 Å². The monoisotopic (exact) mass is 577 g/mol. The molecule has 1 fully saturated rings. The minimum Gasteiger partial charge on any atom is -0.475 e. The molecule has 8 nitrogen and oxygen atoms in total. The Hall–Kier alpha value is -4.73. The van der Waals surface area contributed by atoms with Gasteiger partial charge in [-0.2, -0.15) is 13.2 Å². The van der Waals surface area contributed by atoms with Gasteiger partial charge in [0.15, 0.2) is 5.82 Å². The van der Waals surface area contributed by atoms with Crippen molar-refractivity contribution in [1.29, 1.82) is 0 Å². The van der Waals surface area contributed by atoms with Gasteiger partial charge in [-0.05, 0) is 61.2 Å². The summed E-state index contributed by atoms with van der Waals surface area (Å²) in [6, 6.07) is 20.1. The fraction of sp³-hybridized carbons (Fsp3) is 0.172. The molecule has 2 aromatic carbocycles. The summed E-state index contributed by atoms with van der Waals surface area (Å²) in [6.45, 7) is 1.05. The van der Waals surface area contributed by atoms with Crippen LogP contribution in [-0.4, -0.2) is 44.8 Å². The average Bonchev–Trinajstić information content (AvgIpc) is 3.63. The van der Waals surface area contributed by atoms with E-state index in [9.17, 15) is 13.2 Å². The minimum atomic E-state index is -5.08. The largest absolute Gasteiger partial charge is 0.490 e. The van der Waals surface area contributed by atoms with Gasteiger partial charge in [0.25, 0.3) is 0 Å². The number of nitrogens with zero attached hydrogens (tertiary/aromatic N) is 3. The standard InChI is InChI=1S/C27H21N5OS.C2HF3O2/c1-2-13-29-25(8-1)33-24-7-3-5-18-15-20(10-12-22(18)24)32-27-26-23(30-17-31-27)16-21(34-26)11-9-19-6-4-14-28-19;3-2(4,5)1(6)7/h1-3,5,7-8,10,12-13,15-17,19,28H,4,6,14H2,(H,30,31,32);(H,6,7)/t19-;/m1./s1. The predicted molar refractivity (Wildman–Crippen MR) is 151 cm³/mol. The summed E-state index contributed by atoms with van der Waals surface area (Å²) < 4.78 is 38.7. The minimum absolute atomic E-state index is 0.290. The van der Waals surface area contributed by atoms with Crippen LogP contribution in [0, 0.1) is 11.8 Å². The van der Waals surface area contributed by atoms with Crippen LogP contribution in [0.3, 0.4) is 0 Å². The Morgan fingerprint density at radius 1 is 1.10 bits per heavy atom. The Labute approximate surface area is 236 Å². The van der Waals surface area contributed by atoms with Crippen LogP contribution in [0.1, 0.15) is 17.7 Å². The molecular weight excluding hydrogens is 555 g/mol. The van der Waals surface area contributed by atoms with E-state index in [4.69, 9.17) is 14.6 Å². The number of nitrogens with one attached hydrogen (secondary N) is 2. The first-order valence-corrected chi connectivity index (χ1v) is 13.3. The zero-order valence-electron chi connectivity index (χ0n) is 21.3. The number of benzene rings is 2. The third-order valence-corrected chi connectivity index (χ3v) is 6.99. The maximum Gasteiger partial charge on any atom is 0.490 e. The van der Waals surface area contributed by atoms with Crippen molar-refractivity contribution in [1.82, 2.24) is 20.3 Å². The molecule has 0 radical (unpaired) electrons. The molecule has 1 aliphatic heterocycles. The SMILES string of the molecule is C(#C[C@H]1CCCN1)c1cc2ncnc(Nc3ccc4c(Oc5ccccn5)cccc4c3)c2s1.O=C(O)C(F)(F)F. The summed E-state index contributed by atoms with van der Waals surface area (Å²) in [5.41, 5.74) is 1.84. The molecule has 1 aliphatic rings. The number of carbonyl (C=O) groups is 1. The zero-order valence-corrected chi connectivity index (χ0v) is 22.1. The second-order valence-corrected chi connectivity index (χ2v) is 9.91. The number of hydrogen-bond donors (Lipinski definition) is 3. The molecule has 5 aromatic rings. The maximum atomic E-state index is 10.6. The van der Waals surface area contributed by atoms with Crippen molar-refractivity contribution in [2.75, 3.05) is 11.9 Å². The van der Waals surface area contributed by atoms with E-state index >= 15 is 0 Å². The Kier molecular flexibility index (Phi) is 8.28. The fourth-order valence-electron chi connectivity index (χ4n) is 4.05. The molecule has 0 spiro atoms. The Morgan fingerprint density at radius 3 is 2.68 bits per heavy atom. The summed E-state index contributed by atoms with van der Waals surface area (Å²) >= 11 is 1.62. The number of aromatic nitrogens is 3. The van der Waals surface area contributed by atoms with Crippen LogP contribution in [-0.2, 0) is 4.79 Å². The summed E-state index contributed by atoms with van der Waals surface area (Å²) in [5.74, 6) is 6.01. The Balaban J connectivity index is 0.000000431. The first-order chi connectivity index (χ1) is 19.8. The number of alkyl halides is 3. The Bertz CT molecular complexity index is 1740. The van der Waals surface area contributed by atoms with Gasteiger partial charge in [0.1, 0.15) is 12.1 Å². The van der Waals surface area contributed by atoms with Gasteiger partial charge < -0.3 is 20.5 Å².